The maximum Gasteiger partial charge on any atom is 0.345 e. The van der Waals surface area contributed by atoms with E-state index in [1.54, 1.807) is 24.7 Å². The van der Waals surface area contributed by atoms with Gasteiger partial charge in [-0.05, 0) is 26.8 Å². The summed E-state index contributed by atoms with van der Waals surface area (Å²) in [6.45, 7) is 5.97. The summed E-state index contributed by atoms with van der Waals surface area (Å²) in [4.78, 5) is 29.6. The van der Waals surface area contributed by atoms with Gasteiger partial charge in [0, 0.05) is 17.8 Å². The van der Waals surface area contributed by atoms with Gasteiger partial charge in [-0.25, -0.2) is 9.78 Å². The molecule has 178 valence electrons. The van der Waals surface area contributed by atoms with Crippen LogP contribution < -0.4 is 10.3 Å². The highest BCUT2D eigenvalue weighted by Gasteiger charge is 2.24. The molecule has 0 saturated carbocycles. The molecule has 0 amide bonds. The second kappa shape index (κ2) is 9.92. The van der Waals surface area contributed by atoms with E-state index in [1.165, 1.54) is 23.3 Å². The number of hydrogen-bond donors (Lipinski definition) is 0. The Morgan fingerprint density at radius 1 is 1.24 bits per heavy atom. The van der Waals surface area contributed by atoms with Crippen LogP contribution in [0.3, 0.4) is 0 Å². The van der Waals surface area contributed by atoms with Crippen LogP contribution in [0.15, 0.2) is 58.3 Å². The first kappa shape index (κ1) is 23.2. The van der Waals surface area contributed by atoms with Gasteiger partial charge in [-0.1, -0.05) is 18.2 Å². The average Bonchev–Trinajstić information content (AvgIpc) is 3.50. The number of hydrogen-bond acceptors (Lipinski definition) is 8. The van der Waals surface area contributed by atoms with Crippen molar-refractivity contribution >= 4 is 11.6 Å². The summed E-state index contributed by atoms with van der Waals surface area (Å²) in [6, 6.07) is 9.27. The molecule has 10 nitrogen and oxygen atoms in total. The van der Waals surface area contributed by atoms with Crippen molar-refractivity contribution in [2.45, 2.75) is 39.5 Å². The van der Waals surface area contributed by atoms with Crippen molar-refractivity contribution in [1.29, 1.82) is 0 Å². The largest absolute Gasteiger partial charge is 0.496 e. The van der Waals surface area contributed by atoms with Gasteiger partial charge in [0.15, 0.2) is 12.2 Å². The third-order valence-corrected chi connectivity index (χ3v) is 5.16. The number of rotatable bonds is 9. The molecule has 0 aliphatic carbocycles. The highest BCUT2D eigenvalue weighted by molar-refractivity contribution is 5.89. The van der Waals surface area contributed by atoms with Gasteiger partial charge in [0.25, 0.3) is 5.56 Å². The number of fused-ring (bicyclic) bond motifs is 1. The fraction of sp³-hybridized carbons (Fsp3) is 0.333. The van der Waals surface area contributed by atoms with Crippen molar-refractivity contribution in [3.05, 3.63) is 70.6 Å². The quantitative estimate of drug-likeness (QED) is 0.345. The van der Waals surface area contributed by atoms with Crippen LogP contribution in [0.2, 0.25) is 0 Å². The molecule has 0 N–H and O–H groups in total. The van der Waals surface area contributed by atoms with Crippen LogP contribution in [0, 0.1) is 0 Å². The number of carbonyl (C=O) groups is 1. The highest BCUT2D eigenvalue weighted by atomic mass is 16.5. The molecule has 3 heterocycles. The van der Waals surface area contributed by atoms with E-state index in [1.807, 2.05) is 38.1 Å². The molecule has 0 aliphatic rings. The van der Waals surface area contributed by atoms with Crippen molar-refractivity contribution in [2.75, 3.05) is 13.7 Å². The number of carbonyl (C=O) groups excluding carboxylic acids is 1. The number of para-hydroxylation sites is 1. The lowest BCUT2D eigenvalue weighted by molar-refractivity contribution is -0.00410. The number of benzene rings is 1. The lowest BCUT2D eigenvalue weighted by Gasteiger charge is -2.24. The molecule has 4 rings (SSSR count). The van der Waals surface area contributed by atoms with Crippen LogP contribution in [-0.2, 0) is 16.0 Å². The van der Waals surface area contributed by atoms with Gasteiger partial charge in [0.05, 0.1) is 32.6 Å². The van der Waals surface area contributed by atoms with E-state index < -0.39 is 17.6 Å². The van der Waals surface area contributed by atoms with E-state index in [0.717, 1.165) is 5.56 Å². The monoisotopic (exact) mass is 466 g/mol. The van der Waals surface area contributed by atoms with Gasteiger partial charge in [0.2, 0.25) is 0 Å². The molecule has 4 aromatic rings. The first-order valence-corrected chi connectivity index (χ1v) is 10.9. The van der Waals surface area contributed by atoms with Crippen LogP contribution in [0.1, 0.15) is 42.8 Å². The standard InChI is InChI=1S/C24H26N4O6/c1-5-32-24(30)17-12-27(13-21(34-15(2)3)16-8-6-7-9-19(16)31-4)22-10-18(20-11-25-14-33-20)26-28(22)23(17)29/h6-12,14-15,21H,5,13H2,1-4H3. The molecular weight excluding hydrogens is 440 g/mol. The molecule has 0 spiro atoms. The molecule has 0 fully saturated rings. The molecule has 1 atom stereocenters. The molecule has 0 aliphatic heterocycles. The van der Waals surface area contributed by atoms with Crippen LogP contribution in [0.25, 0.3) is 17.1 Å². The lowest BCUT2D eigenvalue weighted by atomic mass is 10.1. The van der Waals surface area contributed by atoms with Crippen LogP contribution in [-0.4, -0.2) is 45.0 Å². The van der Waals surface area contributed by atoms with E-state index in [4.69, 9.17) is 18.6 Å². The minimum absolute atomic E-state index is 0.0930. The SMILES string of the molecule is CCOC(=O)c1cn(CC(OC(C)C)c2ccccc2OC)c2cc(-c3cnco3)nn2c1=O. The van der Waals surface area contributed by atoms with Gasteiger partial charge < -0.3 is 23.2 Å². The number of nitrogens with zero attached hydrogens (tertiary/aromatic N) is 4. The molecule has 1 aromatic carbocycles. The maximum atomic E-state index is 13.1. The predicted molar refractivity (Wildman–Crippen MR) is 123 cm³/mol. The van der Waals surface area contributed by atoms with Gasteiger partial charge in [-0.15, -0.1) is 0 Å². The van der Waals surface area contributed by atoms with Crippen molar-refractivity contribution in [3.8, 4) is 17.2 Å². The van der Waals surface area contributed by atoms with E-state index in [2.05, 4.69) is 10.1 Å². The second-order valence-corrected chi connectivity index (χ2v) is 7.80. The third-order valence-electron chi connectivity index (χ3n) is 5.16. The van der Waals surface area contributed by atoms with Crippen LogP contribution >= 0.6 is 0 Å². The molecule has 3 aromatic heterocycles. The summed E-state index contributed by atoms with van der Waals surface area (Å²) in [7, 11) is 1.60. The molecule has 0 saturated heterocycles. The van der Waals surface area contributed by atoms with E-state index in [-0.39, 0.29) is 24.8 Å². The Morgan fingerprint density at radius 3 is 2.71 bits per heavy atom. The first-order valence-electron chi connectivity index (χ1n) is 10.9. The summed E-state index contributed by atoms with van der Waals surface area (Å²) in [5, 5.41) is 4.37. The summed E-state index contributed by atoms with van der Waals surface area (Å²) < 4.78 is 25.2. The zero-order valence-electron chi connectivity index (χ0n) is 19.4. The molecule has 10 heteroatoms. The van der Waals surface area contributed by atoms with Crippen molar-refractivity contribution in [3.63, 3.8) is 0 Å². The highest BCUT2D eigenvalue weighted by Crippen LogP contribution is 2.30. The van der Waals surface area contributed by atoms with Crippen LogP contribution in [0.4, 0.5) is 0 Å². The Balaban J connectivity index is 1.88. The predicted octanol–water partition coefficient (Wildman–Crippen LogP) is 3.50. The molecule has 0 radical (unpaired) electrons. The minimum Gasteiger partial charge on any atom is -0.496 e. The summed E-state index contributed by atoms with van der Waals surface area (Å²) in [5.74, 6) is 0.345. The van der Waals surface area contributed by atoms with Gasteiger partial charge in [-0.2, -0.15) is 9.61 Å². The lowest BCUT2D eigenvalue weighted by Crippen LogP contribution is -2.28. The van der Waals surface area contributed by atoms with Gasteiger partial charge in [0.1, 0.15) is 28.8 Å². The Hall–Kier alpha value is -3.92. The molecular formula is C24H26N4O6. The first-order chi connectivity index (χ1) is 16.4. The van der Waals surface area contributed by atoms with Gasteiger partial charge >= 0.3 is 5.97 Å². The number of ether oxygens (including phenoxy) is 3. The summed E-state index contributed by atoms with van der Waals surface area (Å²) in [5.41, 5.74) is 0.974. The summed E-state index contributed by atoms with van der Waals surface area (Å²) in [6.07, 6.45) is 3.73. The van der Waals surface area contributed by atoms with E-state index >= 15 is 0 Å². The number of oxazole rings is 1. The zero-order valence-corrected chi connectivity index (χ0v) is 19.4. The van der Waals surface area contributed by atoms with Crippen molar-refractivity contribution in [2.24, 2.45) is 0 Å². The normalized spacial score (nSPS) is 12.3. The van der Waals surface area contributed by atoms with E-state index in [9.17, 15) is 9.59 Å². The number of esters is 1. The minimum atomic E-state index is -0.724. The second-order valence-electron chi connectivity index (χ2n) is 7.80. The van der Waals surface area contributed by atoms with Gasteiger partial charge in [-0.3, -0.25) is 4.79 Å². The smallest absolute Gasteiger partial charge is 0.345 e. The van der Waals surface area contributed by atoms with Crippen LogP contribution in [0.5, 0.6) is 5.75 Å². The topological polar surface area (TPSA) is 110 Å². The Labute approximate surface area is 195 Å². The molecule has 1 unspecified atom stereocenters. The van der Waals surface area contributed by atoms with Crippen molar-refractivity contribution in [1.82, 2.24) is 19.2 Å². The Morgan fingerprint density at radius 2 is 2.03 bits per heavy atom. The maximum absolute atomic E-state index is 13.1. The number of aromatic nitrogens is 4. The summed E-state index contributed by atoms with van der Waals surface area (Å²) >= 11 is 0. The fourth-order valence-electron chi connectivity index (χ4n) is 3.73. The Kier molecular flexibility index (Phi) is 6.78. The Bertz CT molecular complexity index is 1340. The number of methoxy groups -OCH3 is 1. The van der Waals surface area contributed by atoms with E-state index in [0.29, 0.717) is 22.9 Å². The molecule has 0 bridgehead atoms. The fourth-order valence-corrected chi connectivity index (χ4v) is 3.73. The molecule has 34 heavy (non-hydrogen) atoms. The average molecular weight is 466 g/mol. The third kappa shape index (κ3) is 4.58. The van der Waals surface area contributed by atoms with Crippen molar-refractivity contribution < 1.29 is 23.4 Å². The zero-order chi connectivity index (χ0) is 24.2.